The summed E-state index contributed by atoms with van der Waals surface area (Å²) in [5, 5.41) is 6.91. The van der Waals surface area contributed by atoms with Gasteiger partial charge in [0.1, 0.15) is 0 Å². The summed E-state index contributed by atoms with van der Waals surface area (Å²) in [5.41, 5.74) is 1.23. The van der Waals surface area contributed by atoms with Crippen LogP contribution in [0.2, 0.25) is 0 Å². The van der Waals surface area contributed by atoms with E-state index in [-0.39, 0.29) is 0 Å². The third kappa shape index (κ3) is 2.48. The van der Waals surface area contributed by atoms with Crippen LogP contribution in [0.15, 0.2) is 35.3 Å². The van der Waals surface area contributed by atoms with Gasteiger partial charge >= 0.3 is 0 Å². The third-order valence-electron chi connectivity index (χ3n) is 3.62. The maximum absolute atomic E-state index is 4.57. The van der Waals surface area contributed by atoms with Crippen LogP contribution in [0.3, 0.4) is 0 Å². The van der Waals surface area contributed by atoms with Gasteiger partial charge in [-0.25, -0.2) is 0 Å². The lowest BCUT2D eigenvalue weighted by Gasteiger charge is -2.22. The SMILES string of the molecule is c1ccc(N2CCN=C2NCC2CCNC2)cc1. The van der Waals surface area contributed by atoms with Gasteiger partial charge in [-0.05, 0) is 37.6 Å². The number of hydrogen-bond donors (Lipinski definition) is 2. The highest BCUT2D eigenvalue weighted by Crippen LogP contribution is 2.16. The van der Waals surface area contributed by atoms with E-state index in [2.05, 4.69) is 44.8 Å². The smallest absolute Gasteiger partial charge is 0.198 e. The zero-order valence-electron chi connectivity index (χ0n) is 10.6. The standard InChI is InChI=1S/C14H20N4/c1-2-4-13(5-3-1)18-9-8-16-14(18)17-11-12-6-7-15-10-12/h1-5,12,15H,6-11H2,(H,16,17). The van der Waals surface area contributed by atoms with E-state index in [0.717, 1.165) is 44.6 Å². The first kappa shape index (κ1) is 11.5. The minimum Gasteiger partial charge on any atom is -0.356 e. The van der Waals surface area contributed by atoms with Gasteiger partial charge in [-0.1, -0.05) is 18.2 Å². The average Bonchev–Trinajstić information content (AvgIpc) is 3.09. The quantitative estimate of drug-likeness (QED) is 0.835. The van der Waals surface area contributed by atoms with E-state index in [0.29, 0.717) is 0 Å². The van der Waals surface area contributed by atoms with E-state index in [1.165, 1.54) is 12.1 Å². The van der Waals surface area contributed by atoms with Crippen LogP contribution in [0.25, 0.3) is 0 Å². The number of aliphatic imine (C=N–C) groups is 1. The van der Waals surface area contributed by atoms with Gasteiger partial charge < -0.3 is 15.5 Å². The van der Waals surface area contributed by atoms with Gasteiger partial charge in [0.15, 0.2) is 5.96 Å². The van der Waals surface area contributed by atoms with E-state index in [9.17, 15) is 0 Å². The first-order valence-electron chi connectivity index (χ1n) is 6.75. The minimum absolute atomic E-state index is 0.742. The largest absolute Gasteiger partial charge is 0.356 e. The van der Waals surface area contributed by atoms with E-state index in [1.54, 1.807) is 0 Å². The summed E-state index contributed by atoms with van der Waals surface area (Å²) >= 11 is 0. The van der Waals surface area contributed by atoms with Gasteiger partial charge in [0.05, 0.1) is 6.54 Å². The maximum atomic E-state index is 4.57. The zero-order valence-corrected chi connectivity index (χ0v) is 10.6. The van der Waals surface area contributed by atoms with E-state index in [4.69, 9.17) is 0 Å². The number of hydrogen-bond acceptors (Lipinski definition) is 4. The Morgan fingerprint density at radius 1 is 1.33 bits per heavy atom. The van der Waals surface area contributed by atoms with E-state index < -0.39 is 0 Å². The normalized spacial score (nSPS) is 23.2. The Kier molecular flexibility index (Phi) is 3.46. The Hall–Kier alpha value is -1.55. The summed E-state index contributed by atoms with van der Waals surface area (Å²) in [5.74, 6) is 1.78. The molecule has 0 bridgehead atoms. The highest BCUT2D eigenvalue weighted by atomic mass is 15.3. The third-order valence-corrected chi connectivity index (χ3v) is 3.62. The molecule has 0 spiro atoms. The molecule has 2 aliphatic rings. The van der Waals surface area contributed by atoms with Crippen molar-refractivity contribution in [1.29, 1.82) is 0 Å². The molecule has 2 heterocycles. The van der Waals surface area contributed by atoms with Gasteiger partial charge in [0, 0.05) is 18.8 Å². The summed E-state index contributed by atoms with van der Waals surface area (Å²) < 4.78 is 0. The molecule has 1 aromatic rings. The predicted octanol–water partition coefficient (Wildman–Crippen LogP) is 1.06. The monoisotopic (exact) mass is 244 g/mol. The molecule has 1 atom stereocenters. The predicted molar refractivity (Wildman–Crippen MR) is 75.1 cm³/mol. The highest BCUT2D eigenvalue weighted by Gasteiger charge is 2.20. The Bertz CT molecular complexity index is 409. The summed E-state index contributed by atoms with van der Waals surface area (Å²) in [7, 11) is 0. The van der Waals surface area contributed by atoms with E-state index >= 15 is 0 Å². The van der Waals surface area contributed by atoms with Gasteiger partial charge in [-0.15, -0.1) is 0 Å². The van der Waals surface area contributed by atoms with Crippen molar-refractivity contribution in [2.75, 3.05) is 37.6 Å². The number of anilines is 1. The summed E-state index contributed by atoms with van der Waals surface area (Å²) in [6.07, 6.45) is 1.27. The molecule has 1 fully saturated rings. The fourth-order valence-corrected chi connectivity index (χ4v) is 2.58. The second-order valence-electron chi connectivity index (χ2n) is 4.93. The lowest BCUT2D eigenvalue weighted by molar-refractivity contribution is 0.565. The van der Waals surface area contributed by atoms with Crippen LogP contribution in [0, 0.1) is 5.92 Å². The van der Waals surface area contributed by atoms with Crippen LogP contribution in [0.5, 0.6) is 0 Å². The number of para-hydroxylation sites is 1. The Labute approximate surface area is 108 Å². The van der Waals surface area contributed by atoms with Crippen LogP contribution >= 0.6 is 0 Å². The van der Waals surface area contributed by atoms with Crippen molar-refractivity contribution in [1.82, 2.24) is 10.6 Å². The molecule has 1 aromatic carbocycles. The van der Waals surface area contributed by atoms with Crippen LogP contribution in [0.1, 0.15) is 6.42 Å². The average molecular weight is 244 g/mol. The number of benzene rings is 1. The van der Waals surface area contributed by atoms with E-state index in [1.807, 2.05) is 6.07 Å². The molecule has 0 saturated carbocycles. The summed E-state index contributed by atoms with van der Waals surface area (Å²) in [6, 6.07) is 10.5. The molecule has 3 rings (SSSR count). The van der Waals surface area contributed by atoms with Crippen molar-refractivity contribution in [2.24, 2.45) is 10.9 Å². The summed E-state index contributed by atoms with van der Waals surface area (Å²) in [4.78, 5) is 6.83. The molecule has 2 N–H and O–H groups in total. The number of nitrogens with zero attached hydrogens (tertiary/aromatic N) is 2. The highest BCUT2D eigenvalue weighted by molar-refractivity contribution is 5.97. The first-order chi connectivity index (χ1) is 8.93. The maximum Gasteiger partial charge on any atom is 0.198 e. The van der Waals surface area contributed by atoms with Crippen molar-refractivity contribution < 1.29 is 0 Å². The number of nitrogens with one attached hydrogen (secondary N) is 2. The van der Waals surface area contributed by atoms with Gasteiger partial charge in [0.25, 0.3) is 0 Å². The lowest BCUT2D eigenvalue weighted by Crippen LogP contribution is -2.41. The Morgan fingerprint density at radius 2 is 2.22 bits per heavy atom. The molecule has 0 amide bonds. The molecular formula is C14H20N4. The number of guanidine groups is 1. The first-order valence-corrected chi connectivity index (χ1v) is 6.75. The second-order valence-corrected chi connectivity index (χ2v) is 4.93. The van der Waals surface area contributed by atoms with Gasteiger partial charge in [0.2, 0.25) is 0 Å². The summed E-state index contributed by atoms with van der Waals surface area (Å²) in [6.45, 7) is 5.18. The molecule has 0 aliphatic carbocycles. The Balaban J connectivity index is 1.61. The van der Waals surface area contributed by atoms with Crippen molar-refractivity contribution in [3.05, 3.63) is 30.3 Å². The molecule has 0 aromatic heterocycles. The van der Waals surface area contributed by atoms with Crippen LogP contribution in [-0.4, -0.2) is 38.7 Å². The molecule has 18 heavy (non-hydrogen) atoms. The van der Waals surface area contributed by atoms with Crippen LogP contribution in [-0.2, 0) is 0 Å². The molecule has 0 radical (unpaired) electrons. The molecule has 96 valence electrons. The second kappa shape index (κ2) is 5.40. The van der Waals surface area contributed by atoms with Crippen molar-refractivity contribution >= 4 is 11.6 Å². The molecule has 4 heteroatoms. The van der Waals surface area contributed by atoms with Crippen molar-refractivity contribution in [2.45, 2.75) is 6.42 Å². The molecule has 1 saturated heterocycles. The fraction of sp³-hybridized carbons (Fsp3) is 0.500. The molecular weight excluding hydrogens is 224 g/mol. The van der Waals surface area contributed by atoms with Gasteiger partial charge in [-0.2, -0.15) is 0 Å². The molecule has 2 aliphatic heterocycles. The number of rotatable bonds is 3. The molecule has 1 unspecified atom stereocenters. The lowest BCUT2D eigenvalue weighted by atomic mass is 10.1. The van der Waals surface area contributed by atoms with Crippen LogP contribution in [0.4, 0.5) is 5.69 Å². The van der Waals surface area contributed by atoms with Crippen molar-refractivity contribution in [3.63, 3.8) is 0 Å². The van der Waals surface area contributed by atoms with Gasteiger partial charge in [-0.3, -0.25) is 4.99 Å². The molecule has 4 nitrogen and oxygen atoms in total. The van der Waals surface area contributed by atoms with Crippen LogP contribution < -0.4 is 15.5 Å². The fourth-order valence-electron chi connectivity index (χ4n) is 2.58. The van der Waals surface area contributed by atoms with Crippen molar-refractivity contribution in [3.8, 4) is 0 Å². The topological polar surface area (TPSA) is 39.7 Å². The minimum atomic E-state index is 0.742. The Morgan fingerprint density at radius 3 is 3.00 bits per heavy atom. The zero-order chi connectivity index (χ0) is 12.2.